The van der Waals surface area contributed by atoms with Crippen molar-refractivity contribution in [2.45, 2.75) is 32.0 Å². The molecule has 1 amide bonds. The Kier molecular flexibility index (Phi) is 4.71. The summed E-state index contributed by atoms with van der Waals surface area (Å²) in [5.74, 6) is 1.87. The minimum absolute atomic E-state index is 0.0187. The highest BCUT2D eigenvalue weighted by Crippen LogP contribution is 2.35. The van der Waals surface area contributed by atoms with Gasteiger partial charge in [-0.25, -0.2) is 4.52 Å². The average Bonchev–Trinajstić information content (AvgIpc) is 3.28. The lowest BCUT2D eigenvalue weighted by Crippen LogP contribution is -2.31. The quantitative estimate of drug-likeness (QED) is 0.665. The van der Waals surface area contributed by atoms with E-state index in [1.54, 1.807) is 11.6 Å². The topological polar surface area (TPSA) is 94.1 Å². The lowest BCUT2D eigenvalue weighted by atomic mass is 10.1. The minimum atomic E-state index is -0.119. The molecular formula is C21H25N5O4. The van der Waals surface area contributed by atoms with Crippen LogP contribution in [0.15, 0.2) is 28.9 Å². The number of likely N-dealkylation sites (tertiary alicyclic amines) is 1. The largest absolute Gasteiger partial charge is 0.468 e. The number of aromatic nitrogens is 3. The number of aryl methyl sites for hydroxylation is 1. The van der Waals surface area contributed by atoms with Crippen LogP contribution in [0.3, 0.4) is 0 Å². The SMILES string of the molecule is CO[C@@H]1CN(C)C[C@H]1Oc1noc(C)c1-c1ccn2nc(NC(=O)C3CC3)cc2c1. The molecule has 9 heteroatoms. The number of carbonyl (C=O) groups excluding carboxylic acids is 1. The normalized spacial score (nSPS) is 22.0. The molecule has 3 aromatic rings. The van der Waals surface area contributed by atoms with Crippen molar-refractivity contribution in [3.63, 3.8) is 0 Å². The van der Waals surface area contributed by atoms with Gasteiger partial charge in [-0.2, -0.15) is 5.10 Å². The van der Waals surface area contributed by atoms with Crippen LogP contribution in [0, 0.1) is 12.8 Å². The van der Waals surface area contributed by atoms with Gasteiger partial charge in [-0.05, 0) is 49.7 Å². The van der Waals surface area contributed by atoms with E-state index in [2.05, 4.69) is 20.5 Å². The molecule has 2 fully saturated rings. The Balaban J connectivity index is 1.42. The number of amides is 1. The van der Waals surface area contributed by atoms with Crippen LogP contribution in [-0.4, -0.2) is 65.0 Å². The standard InChI is InChI=1S/C21H25N5O4/c1-12-19(21(24-30-12)29-17-11-25(2)10-16(17)28-3)14-6-7-26-15(8-14)9-18(23-26)22-20(27)13-4-5-13/h6-9,13,16-17H,4-5,10-11H2,1-3H3,(H,22,23,27)/t16-,17-/m1/s1. The lowest BCUT2D eigenvalue weighted by molar-refractivity contribution is -0.117. The van der Waals surface area contributed by atoms with E-state index in [1.165, 1.54) is 0 Å². The van der Waals surface area contributed by atoms with E-state index in [0.717, 1.165) is 42.6 Å². The number of anilines is 1. The van der Waals surface area contributed by atoms with Crippen molar-refractivity contribution in [3.8, 4) is 17.0 Å². The molecule has 30 heavy (non-hydrogen) atoms. The van der Waals surface area contributed by atoms with Crippen LogP contribution in [-0.2, 0) is 9.53 Å². The molecule has 158 valence electrons. The summed E-state index contributed by atoms with van der Waals surface area (Å²) in [6.07, 6.45) is 3.63. The van der Waals surface area contributed by atoms with E-state index in [1.807, 2.05) is 38.4 Å². The Bertz CT molecular complexity index is 1090. The molecule has 2 atom stereocenters. The molecule has 5 rings (SSSR count). The van der Waals surface area contributed by atoms with Gasteiger partial charge >= 0.3 is 0 Å². The number of nitrogens with zero attached hydrogens (tertiary/aromatic N) is 4. The fourth-order valence-electron chi connectivity index (χ4n) is 3.95. The van der Waals surface area contributed by atoms with E-state index < -0.39 is 0 Å². The van der Waals surface area contributed by atoms with E-state index in [4.69, 9.17) is 14.0 Å². The summed E-state index contributed by atoms with van der Waals surface area (Å²) in [4.78, 5) is 14.2. The first kappa shape index (κ1) is 19.1. The summed E-state index contributed by atoms with van der Waals surface area (Å²) in [5, 5.41) is 11.5. The van der Waals surface area contributed by atoms with Crippen LogP contribution in [0.1, 0.15) is 18.6 Å². The molecule has 1 aliphatic carbocycles. The maximum absolute atomic E-state index is 12.0. The van der Waals surface area contributed by atoms with Crippen molar-refractivity contribution < 1.29 is 18.8 Å². The number of likely N-dealkylation sites (N-methyl/N-ethyl adjacent to an activating group) is 1. The smallest absolute Gasteiger partial charge is 0.262 e. The van der Waals surface area contributed by atoms with Gasteiger partial charge in [-0.3, -0.25) is 9.69 Å². The van der Waals surface area contributed by atoms with Crippen molar-refractivity contribution >= 4 is 17.2 Å². The predicted molar refractivity (Wildman–Crippen MR) is 109 cm³/mol. The van der Waals surface area contributed by atoms with Crippen LogP contribution >= 0.6 is 0 Å². The van der Waals surface area contributed by atoms with Crippen molar-refractivity contribution in [3.05, 3.63) is 30.2 Å². The first-order valence-corrected chi connectivity index (χ1v) is 10.2. The first-order valence-electron chi connectivity index (χ1n) is 10.2. The van der Waals surface area contributed by atoms with Gasteiger partial charge in [0.25, 0.3) is 5.88 Å². The van der Waals surface area contributed by atoms with Crippen LogP contribution in [0.5, 0.6) is 5.88 Å². The molecular weight excluding hydrogens is 386 g/mol. The summed E-state index contributed by atoms with van der Waals surface area (Å²) in [6, 6.07) is 5.79. The molecule has 1 N–H and O–H groups in total. The Morgan fingerprint density at radius 1 is 1.27 bits per heavy atom. The van der Waals surface area contributed by atoms with Gasteiger partial charge in [0.2, 0.25) is 5.91 Å². The van der Waals surface area contributed by atoms with Crippen molar-refractivity contribution in [1.82, 2.24) is 19.7 Å². The fraction of sp³-hybridized carbons (Fsp3) is 0.476. The number of fused-ring (bicyclic) bond motifs is 1. The summed E-state index contributed by atoms with van der Waals surface area (Å²) in [7, 11) is 3.74. The number of pyridine rings is 1. The number of nitrogens with one attached hydrogen (secondary N) is 1. The summed E-state index contributed by atoms with van der Waals surface area (Å²) < 4.78 is 19.0. The zero-order chi connectivity index (χ0) is 20.8. The summed E-state index contributed by atoms with van der Waals surface area (Å²) >= 11 is 0. The monoisotopic (exact) mass is 411 g/mol. The maximum Gasteiger partial charge on any atom is 0.262 e. The van der Waals surface area contributed by atoms with Crippen LogP contribution in [0.25, 0.3) is 16.6 Å². The van der Waals surface area contributed by atoms with Crippen molar-refractivity contribution in [2.24, 2.45) is 5.92 Å². The third-order valence-electron chi connectivity index (χ3n) is 5.75. The number of hydrogen-bond acceptors (Lipinski definition) is 7. The number of rotatable bonds is 6. The van der Waals surface area contributed by atoms with Gasteiger partial charge in [0.15, 0.2) is 5.82 Å². The van der Waals surface area contributed by atoms with Crippen molar-refractivity contribution in [2.75, 3.05) is 32.6 Å². The molecule has 0 unspecified atom stereocenters. The van der Waals surface area contributed by atoms with Crippen LogP contribution in [0.4, 0.5) is 5.82 Å². The minimum Gasteiger partial charge on any atom is -0.468 e. The third-order valence-corrected chi connectivity index (χ3v) is 5.75. The van der Waals surface area contributed by atoms with E-state index in [-0.39, 0.29) is 24.0 Å². The average molecular weight is 411 g/mol. The fourth-order valence-corrected chi connectivity index (χ4v) is 3.95. The molecule has 9 nitrogen and oxygen atoms in total. The lowest BCUT2D eigenvalue weighted by Gasteiger charge is -2.17. The Morgan fingerprint density at radius 2 is 2.07 bits per heavy atom. The second kappa shape index (κ2) is 7.41. The summed E-state index contributed by atoms with van der Waals surface area (Å²) in [5.41, 5.74) is 2.59. The molecule has 0 radical (unpaired) electrons. The molecule has 0 spiro atoms. The highest BCUT2D eigenvalue weighted by molar-refractivity contribution is 5.93. The molecule has 4 heterocycles. The number of hydrogen-bond donors (Lipinski definition) is 1. The second-order valence-electron chi connectivity index (χ2n) is 8.15. The molecule has 3 aromatic heterocycles. The second-order valence-corrected chi connectivity index (χ2v) is 8.15. The van der Waals surface area contributed by atoms with Crippen LogP contribution < -0.4 is 10.1 Å². The molecule has 0 aromatic carbocycles. The van der Waals surface area contributed by atoms with E-state index in [9.17, 15) is 4.79 Å². The predicted octanol–water partition coefficient (Wildman–Crippen LogP) is 2.35. The van der Waals surface area contributed by atoms with Gasteiger partial charge in [0, 0.05) is 38.4 Å². The first-order chi connectivity index (χ1) is 14.5. The zero-order valence-electron chi connectivity index (χ0n) is 17.3. The molecule has 1 saturated carbocycles. The van der Waals surface area contributed by atoms with Gasteiger partial charge in [0.05, 0.1) is 11.1 Å². The molecule has 2 aliphatic rings. The number of ether oxygens (including phenoxy) is 2. The molecule has 1 saturated heterocycles. The molecule has 1 aliphatic heterocycles. The van der Waals surface area contributed by atoms with Crippen molar-refractivity contribution in [1.29, 1.82) is 0 Å². The Hall–Kier alpha value is -2.91. The number of carbonyl (C=O) groups is 1. The maximum atomic E-state index is 12.0. The van der Waals surface area contributed by atoms with Gasteiger partial charge < -0.3 is 19.3 Å². The van der Waals surface area contributed by atoms with Gasteiger partial charge in [0.1, 0.15) is 18.0 Å². The Labute approximate surface area is 173 Å². The van der Waals surface area contributed by atoms with E-state index in [0.29, 0.717) is 17.5 Å². The highest BCUT2D eigenvalue weighted by atomic mass is 16.6. The summed E-state index contributed by atoms with van der Waals surface area (Å²) in [6.45, 7) is 3.44. The van der Waals surface area contributed by atoms with E-state index >= 15 is 0 Å². The number of methoxy groups -OCH3 is 1. The molecule has 0 bridgehead atoms. The zero-order valence-corrected chi connectivity index (χ0v) is 17.3. The van der Waals surface area contributed by atoms with Gasteiger partial charge in [-0.1, -0.05) is 0 Å². The highest BCUT2D eigenvalue weighted by Gasteiger charge is 2.34. The van der Waals surface area contributed by atoms with Crippen LogP contribution in [0.2, 0.25) is 0 Å². The van der Waals surface area contributed by atoms with Gasteiger partial charge in [-0.15, -0.1) is 0 Å². The Morgan fingerprint density at radius 3 is 2.83 bits per heavy atom. The third kappa shape index (κ3) is 3.54.